The second-order valence-electron chi connectivity index (χ2n) is 7.00. The highest BCUT2D eigenvalue weighted by Crippen LogP contribution is 2.30. The summed E-state index contributed by atoms with van der Waals surface area (Å²) in [5.41, 5.74) is 0.953. The van der Waals surface area contributed by atoms with Gasteiger partial charge in [-0.3, -0.25) is 9.59 Å². The van der Waals surface area contributed by atoms with Crippen molar-refractivity contribution in [2.45, 2.75) is 79.1 Å². The highest BCUT2D eigenvalue weighted by atomic mass is 16.5. The highest BCUT2D eigenvalue weighted by molar-refractivity contribution is 6.00. The minimum absolute atomic E-state index is 0.124. The van der Waals surface area contributed by atoms with E-state index in [-0.39, 0.29) is 29.0 Å². The number of carbonyl (C=O) groups is 2. The summed E-state index contributed by atoms with van der Waals surface area (Å²) >= 11 is 0. The van der Waals surface area contributed by atoms with Gasteiger partial charge in [-0.05, 0) is 25.0 Å². The molecule has 0 fully saturated rings. The van der Waals surface area contributed by atoms with E-state index in [4.69, 9.17) is 4.74 Å². The fourth-order valence-corrected chi connectivity index (χ4v) is 2.70. The summed E-state index contributed by atoms with van der Waals surface area (Å²) < 4.78 is 5.36. The van der Waals surface area contributed by atoms with Crippen LogP contribution in [-0.4, -0.2) is 16.9 Å². The molecular formula is C21H32O4. The molecule has 0 saturated heterocycles. The van der Waals surface area contributed by atoms with Crippen molar-refractivity contribution in [3.8, 4) is 11.5 Å². The zero-order valence-electron chi connectivity index (χ0n) is 16.1. The third-order valence-electron chi connectivity index (χ3n) is 4.29. The number of hydrogen-bond acceptors (Lipinski definition) is 4. The van der Waals surface area contributed by atoms with Crippen LogP contribution in [-0.2, 0) is 4.79 Å². The number of rotatable bonds is 11. The average Bonchev–Trinajstić information content (AvgIpc) is 2.56. The lowest BCUT2D eigenvalue weighted by molar-refractivity contribution is -0.134. The van der Waals surface area contributed by atoms with Crippen LogP contribution in [0, 0.1) is 12.8 Å². The third-order valence-corrected chi connectivity index (χ3v) is 4.29. The van der Waals surface area contributed by atoms with Gasteiger partial charge in [-0.25, -0.2) is 0 Å². The smallest absolute Gasteiger partial charge is 0.311 e. The van der Waals surface area contributed by atoms with E-state index in [9.17, 15) is 14.7 Å². The molecule has 4 heteroatoms. The fourth-order valence-electron chi connectivity index (χ4n) is 2.70. The second-order valence-corrected chi connectivity index (χ2v) is 7.00. The molecule has 25 heavy (non-hydrogen) atoms. The lowest BCUT2D eigenvalue weighted by Crippen LogP contribution is -2.11. The number of unbranched alkanes of at least 4 members (excludes halogenated alkanes) is 6. The number of hydrogen-bond donors (Lipinski definition) is 1. The first kappa shape index (κ1) is 21.2. The molecule has 0 atom stereocenters. The van der Waals surface area contributed by atoms with Gasteiger partial charge in [-0.1, -0.05) is 59.3 Å². The van der Waals surface area contributed by atoms with Crippen molar-refractivity contribution >= 4 is 11.8 Å². The largest absolute Gasteiger partial charge is 0.507 e. The molecule has 0 heterocycles. The number of aryl methyl sites for hydroxylation is 1. The maximum atomic E-state index is 12.1. The second kappa shape index (κ2) is 10.9. The summed E-state index contributed by atoms with van der Waals surface area (Å²) in [6, 6.07) is 2.96. The maximum absolute atomic E-state index is 12.1. The maximum Gasteiger partial charge on any atom is 0.311 e. The van der Waals surface area contributed by atoms with E-state index >= 15 is 0 Å². The Morgan fingerprint density at radius 1 is 1.04 bits per heavy atom. The molecule has 0 bridgehead atoms. The molecule has 1 aromatic rings. The zero-order chi connectivity index (χ0) is 18.8. The number of esters is 1. The number of Topliss-reactive ketones (excluding diaryl/α,β-unsaturated/α-hetero) is 1. The van der Waals surface area contributed by atoms with Gasteiger partial charge in [0.05, 0.1) is 5.56 Å². The Morgan fingerprint density at radius 3 is 2.24 bits per heavy atom. The van der Waals surface area contributed by atoms with E-state index in [1.165, 1.54) is 31.7 Å². The fraction of sp³-hybridized carbons (Fsp3) is 0.619. The SMILES string of the molecule is CCCCCCCCCC(=O)Oc1cc(O)c(C(=O)C(C)C)cc1C. The van der Waals surface area contributed by atoms with Crippen LogP contribution in [0.3, 0.4) is 0 Å². The molecule has 1 aromatic carbocycles. The van der Waals surface area contributed by atoms with Crippen LogP contribution in [0.25, 0.3) is 0 Å². The quantitative estimate of drug-likeness (QED) is 0.245. The zero-order valence-corrected chi connectivity index (χ0v) is 16.1. The number of phenolic OH excluding ortho intramolecular Hbond substituents is 1. The van der Waals surface area contributed by atoms with Gasteiger partial charge in [0.25, 0.3) is 0 Å². The normalized spacial score (nSPS) is 10.9. The van der Waals surface area contributed by atoms with Gasteiger partial charge in [0.15, 0.2) is 5.78 Å². The van der Waals surface area contributed by atoms with Crippen LogP contribution in [0.15, 0.2) is 12.1 Å². The van der Waals surface area contributed by atoms with Crippen molar-refractivity contribution < 1.29 is 19.4 Å². The molecule has 0 aromatic heterocycles. The van der Waals surface area contributed by atoms with Crippen molar-refractivity contribution in [2.24, 2.45) is 5.92 Å². The molecule has 0 spiro atoms. The Labute approximate surface area is 151 Å². The van der Waals surface area contributed by atoms with Crippen molar-refractivity contribution in [3.63, 3.8) is 0 Å². The molecule has 0 aliphatic rings. The minimum atomic E-state index is -0.293. The van der Waals surface area contributed by atoms with E-state index < -0.39 is 0 Å². The lowest BCUT2D eigenvalue weighted by Gasteiger charge is -2.12. The summed E-state index contributed by atoms with van der Waals surface area (Å²) in [6.45, 7) is 7.54. The number of aromatic hydroxyl groups is 1. The Balaban J connectivity index is 2.49. The van der Waals surface area contributed by atoms with Crippen LogP contribution >= 0.6 is 0 Å². The van der Waals surface area contributed by atoms with Gasteiger partial charge < -0.3 is 9.84 Å². The Hall–Kier alpha value is -1.84. The predicted molar refractivity (Wildman–Crippen MR) is 100 cm³/mol. The van der Waals surface area contributed by atoms with Crippen LogP contribution < -0.4 is 4.74 Å². The number of benzene rings is 1. The Morgan fingerprint density at radius 2 is 1.64 bits per heavy atom. The van der Waals surface area contributed by atoms with E-state index in [0.717, 1.165) is 19.3 Å². The van der Waals surface area contributed by atoms with E-state index in [1.54, 1.807) is 26.8 Å². The molecule has 0 aliphatic heterocycles. The van der Waals surface area contributed by atoms with Crippen LogP contribution in [0.2, 0.25) is 0 Å². The summed E-state index contributed by atoms with van der Waals surface area (Å²) in [5, 5.41) is 10.1. The summed E-state index contributed by atoms with van der Waals surface area (Å²) in [4.78, 5) is 24.0. The number of phenols is 1. The van der Waals surface area contributed by atoms with E-state index in [0.29, 0.717) is 17.7 Å². The molecule has 1 rings (SSSR count). The van der Waals surface area contributed by atoms with Crippen molar-refractivity contribution in [3.05, 3.63) is 23.3 Å². The molecule has 0 unspecified atom stereocenters. The van der Waals surface area contributed by atoms with Gasteiger partial charge in [0.1, 0.15) is 11.5 Å². The summed E-state index contributed by atoms with van der Waals surface area (Å²) in [5.74, 6) is -0.426. The first-order chi connectivity index (χ1) is 11.9. The molecule has 0 radical (unpaired) electrons. The summed E-state index contributed by atoms with van der Waals surface area (Å²) in [6.07, 6.45) is 8.38. The minimum Gasteiger partial charge on any atom is -0.507 e. The van der Waals surface area contributed by atoms with Gasteiger partial charge >= 0.3 is 5.97 Å². The van der Waals surface area contributed by atoms with Gasteiger partial charge in [-0.15, -0.1) is 0 Å². The van der Waals surface area contributed by atoms with Crippen molar-refractivity contribution in [1.82, 2.24) is 0 Å². The van der Waals surface area contributed by atoms with E-state index in [1.807, 2.05) is 0 Å². The first-order valence-corrected chi connectivity index (χ1v) is 9.45. The molecule has 4 nitrogen and oxygen atoms in total. The van der Waals surface area contributed by atoms with Gasteiger partial charge in [-0.2, -0.15) is 0 Å². The predicted octanol–water partition coefficient (Wildman–Crippen LogP) is 5.59. The molecular weight excluding hydrogens is 316 g/mol. The van der Waals surface area contributed by atoms with Gasteiger partial charge in [0.2, 0.25) is 0 Å². The molecule has 0 aliphatic carbocycles. The standard InChI is InChI=1S/C21H32O4/c1-5-6-7-8-9-10-11-12-20(23)25-19-14-18(22)17(13-16(19)4)21(24)15(2)3/h13-15,22H,5-12H2,1-4H3. The first-order valence-electron chi connectivity index (χ1n) is 9.45. The topological polar surface area (TPSA) is 63.6 Å². The highest BCUT2D eigenvalue weighted by Gasteiger charge is 2.18. The average molecular weight is 348 g/mol. The third kappa shape index (κ3) is 7.29. The van der Waals surface area contributed by atoms with Crippen LogP contribution in [0.4, 0.5) is 0 Å². The molecule has 0 saturated carbocycles. The number of ketones is 1. The van der Waals surface area contributed by atoms with Crippen LogP contribution in [0.5, 0.6) is 11.5 Å². The Bertz CT molecular complexity index is 576. The van der Waals surface area contributed by atoms with Crippen LogP contribution in [0.1, 0.15) is 88.1 Å². The molecule has 1 N–H and O–H groups in total. The monoisotopic (exact) mass is 348 g/mol. The summed E-state index contributed by atoms with van der Waals surface area (Å²) in [7, 11) is 0. The number of carbonyl (C=O) groups excluding carboxylic acids is 2. The number of ether oxygens (including phenoxy) is 1. The lowest BCUT2D eigenvalue weighted by atomic mass is 9.98. The van der Waals surface area contributed by atoms with Crippen molar-refractivity contribution in [2.75, 3.05) is 0 Å². The Kier molecular flexibility index (Phi) is 9.25. The molecule has 0 amide bonds. The van der Waals surface area contributed by atoms with E-state index in [2.05, 4.69) is 6.92 Å². The molecule has 140 valence electrons. The van der Waals surface area contributed by atoms with Crippen molar-refractivity contribution in [1.29, 1.82) is 0 Å². The van der Waals surface area contributed by atoms with Gasteiger partial charge in [0, 0.05) is 18.4 Å².